The van der Waals surface area contributed by atoms with Gasteiger partial charge in [0.1, 0.15) is 12.4 Å². The lowest BCUT2D eigenvalue weighted by molar-refractivity contribution is -0.136. The van der Waals surface area contributed by atoms with Crippen molar-refractivity contribution in [3.63, 3.8) is 0 Å². The van der Waals surface area contributed by atoms with Gasteiger partial charge in [-0.25, -0.2) is 4.79 Å². The molecule has 0 unspecified atom stereocenters. The van der Waals surface area contributed by atoms with Gasteiger partial charge in [-0.1, -0.05) is 30.1 Å². The minimum atomic E-state index is -0.338. The Bertz CT molecular complexity index is 456. The molecule has 18 heavy (non-hydrogen) atoms. The van der Waals surface area contributed by atoms with E-state index < -0.39 is 0 Å². The van der Waals surface area contributed by atoms with E-state index in [1.165, 1.54) is 7.11 Å². The van der Waals surface area contributed by atoms with Crippen LogP contribution < -0.4 is 4.74 Å². The van der Waals surface area contributed by atoms with Crippen LogP contribution in [0, 0.1) is 0 Å². The smallest absolute Gasteiger partial charge is 0.333 e. The van der Waals surface area contributed by atoms with Crippen LogP contribution in [-0.4, -0.2) is 19.7 Å². The number of carbonyl (C=O) groups is 1. The summed E-state index contributed by atoms with van der Waals surface area (Å²) in [4.78, 5) is 11.3. The highest BCUT2D eigenvalue weighted by Crippen LogP contribution is 2.26. The van der Waals surface area contributed by atoms with Gasteiger partial charge < -0.3 is 9.47 Å². The van der Waals surface area contributed by atoms with Gasteiger partial charge in [0.15, 0.2) is 0 Å². The molecule has 0 N–H and O–H groups in total. The molecule has 0 saturated heterocycles. The average Bonchev–Trinajstić information content (AvgIpc) is 2.38. The Labute approximate surface area is 116 Å². The first kappa shape index (κ1) is 14.9. The van der Waals surface area contributed by atoms with E-state index in [9.17, 15) is 4.79 Å². The molecule has 0 bridgehead atoms. The van der Waals surface area contributed by atoms with E-state index in [1.54, 1.807) is 24.3 Å². The second-order valence-electron chi connectivity index (χ2n) is 3.46. The van der Waals surface area contributed by atoms with Crippen molar-refractivity contribution in [1.82, 2.24) is 0 Å². The summed E-state index contributed by atoms with van der Waals surface area (Å²) in [5.41, 5.74) is 0.581. The number of esters is 1. The standard InChI is InChI=1S/C13H14Cl2O3/c1-3-9(13(16)17-2)6-7-18-10-4-5-11(14)12(15)8-10/h4-6,8H,3,7H2,1-2H3. The first-order valence-corrected chi connectivity index (χ1v) is 6.19. The van der Waals surface area contributed by atoms with Crippen LogP contribution in [-0.2, 0) is 9.53 Å². The van der Waals surface area contributed by atoms with Gasteiger partial charge in [-0.05, 0) is 24.6 Å². The van der Waals surface area contributed by atoms with Crippen LogP contribution >= 0.6 is 23.2 Å². The fourth-order valence-corrected chi connectivity index (χ4v) is 1.60. The Hall–Kier alpha value is -1.19. The summed E-state index contributed by atoms with van der Waals surface area (Å²) >= 11 is 11.6. The summed E-state index contributed by atoms with van der Waals surface area (Å²) in [5.74, 6) is 0.260. The highest BCUT2D eigenvalue weighted by atomic mass is 35.5. The van der Waals surface area contributed by atoms with E-state index in [4.69, 9.17) is 27.9 Å². The van der Waals surface area contributed by atoms with Gasteiger partial charge in [0, 0.05) is 11.6 Å². The molecule has 0 fully saturated rings. The molecule has 0 radical (unpaired) electrons. The van der Waals surface area contributed by atoms with Crippen molar-refractivity contribution in [2.75, 3.05) is 13.7 Å². The Kier molecular flexibility index (Phi) is 6.02. The molecule has 3 nitrogen and oxygen atoms in total. The van der Waals surface area contributed by atoms with E-state index in [-0.39, 0.29) is 12.6 Å². The molecule has 1 aromatic rings. The summed E-state index contributed by atoms with van der Waals surface area (Å²) in [6.45, 7) is 2.15. The lowest BCUT2D eigenvalue weighted by atomic mass is 10.2. The number of carbonyl (C=O) groups excluding carboxylic acids is 1. The van der Waals surface area contributed by atoms with E-state index in [2.05, 4.69) is 4.74 Å². The number of hydrogen-bond acceptors (Lipinski definition) is 3. The number of rotatable bonds is 5. The Morgan fingerprint density at radius 1 is 1.33 bits per heavy atom. The molecule has 0 amide bonds. The number of halogens is 2. The lowest BCUT2D eigenvalue weighted by Crippen LogP contribution is -2.06. The second-order valence-corrected chi connectivity index (χ2v) is 4.28. The SMILES string of the molecule is CCC(=CCOc1ccc(Cl)c(Cl)c1)C(=O)OC. The fraction of sp³-hybridized carbons (Fsp3) is 0.308. The van der Waals surface area contributed by atoms with Crippen molar-refractivity contribution in [1.29, 1.82) is 0 Å². The third-order valence-corrected chi connectivity index (χ3v) is 3.04. The zero-order valence-corrected chi connectivity index (χ0v) is 11.7. The number of methoxy groups -OCH3 is 1. The molecule has 98 valence electrons. The van der Waals surface area contributed by atoms with Crippen LogP contribution in [0.2, 0.25) is 10.0 Å². The molecule has 0 aliphatic rings. The van der Waals surface area contributed by atoms with E-state index >= 15 is 0 Å². The van der Waals surface area contributed by atoms with E-state index in [0.29, 0.717) is 27.8 Å². The van der Waals surface area contributed by atoms with Crippen LogP contribution in [0.5, 0.6) is 5.75 Å². The van der Waals surface area contributed by atoms with Crippen LogP contribution in [0.4, 0.5) is 0 Å². The number of hydrogen-bond donors (Lipinski definition) is 0. The third kappa shape index (κ3) is 4.24. The zero-order valence-electron chi connectivity index (χ0n) is 10.2. The Morgan fingerprint density at radius 3 is 2.61 bits per heavy atom. The van der Waals surface area contributed by atoms with Gasteiger partial charge in [-0.3, -0.25) is 0 Å². The maximum Gasteiger partial charge on any atom is 0.333 e. The third-order valence-electron chi connectivity index (χ3n) is 2.30. The van der Waals surface area contributed by atoms with Gasteiger partial charge in [-0.2, -0.15) is 0 Å². The molecular formula is C13H14Cl2O3. The van der Waals surface area contributed by atoms with Crippen LogP contribution in [0.25, 0.3) is 0 Å². The van der Waals surface area contributed by atoms with Crippen LogP contribution in [0.15, 0.2) is 29.8 Å². The minimum Gasteiger partial charge on any atom is -0.489 e. The Balaban J connectivity index is 2.62. The van der Waals surface area contributed by atoms with E-state index in [1.807, 2.05) is 6.92 Å². The highest BCUT2D eigenvalue weighted by Gasteiger charge is 2.06. The summed E-state index contributed by atoms with van der Waals surface area (Å²) in [6, 6.07) is 5.00. The van der Waals surface area contributed by atoms with E-state index in [0.717, 1.165) is 0 Å². The molecule has 0 aliphatic carbocycles. The van der Waals surface area contributed by atoms with Crippen LogP contribution in [0.3, 0.4) is 0 Å². The van der Waals surface area contributed by atoms with Crippen molar-refractivity contribution in [3.8, 4) is 5.75 Å². The lowest BCUT2D eigenvalue weighted by Gasteiger charge is -2.06. The molecular weight excluding hydrogens is 275 g/mol. The molecule has 0 saturated carbocycles. The molecule has 0 atom stereocenters. The van der Waals surface area contributed by atoms with Gasteiger partial charge in [0.25, 0.3) is 0 Å². The first-order valence-electron chi connectivity index (χ1n) is 5.43. The predicted octanol–water partition coefficient (Wildman–Crippen LogP) is 3.88. The van der Waals surface area contributed by atoms with Crippen LogP contribution in [0.1, 0.15) is 13.3 Å². The molecule has 1 rings (SSSR count). The second kappa shape index (κ2) is 7.29. The molecule has 0 aromatic heterocycles. The summed E-state index contributed by atoms with van der Waals surface area (Å²) in [5, 5.41) is 0.908. The fourth-order valence-electron chi connectivity index (χ4n) is 1.31. The van der Waals surface area contributed by atoms with Crippen molar-refractivity contribution < 1.29 is 14.3 Å². The molecule has 0 aliphatic heterocycles. The average molecular weight is 289 g/mol. The van der Waals surface area contributed by atoms with Crippen molar-refractivity contribution in [2.24, 2.45) is 0 Å². The quantitative estimate of drug-likeness (QED) is 0.609. The maximum absolute atomic E-state index is 11.3. The summed E-state index contributed by atoms with van der Waals surface area (Å²) in [6.07, 6.45) is 2.28. The number of ether oxygens (including phenoxy) is 2. The maximum atomic E-state index is 11.3. The number of benzene rings is 1. The van der Waals surface area contributed by atoms with Crippen molar-refractivity contribution in [3.05, 3.63) is 39.9 Å². The zero-order chi connectivity index (χ0) is 13.5. The predicted molar refractivity (Wildman–Crippen MR) is 72.3 cm³/mol. The first-order chi connectivity index (χ1) is 8.58. The molecule has 1 aromatic carbocycles. The van der Waals surface area contributed by atoms with Crippen molar-refractivity contribution in [2.45, 2.75) is 13.3 Å². The van der Waals surface area contributed by atoms with Gasteiger partial charge in [0.05, 0.1) is 17.2 Å². The Morgan fingerprint density at radius 2 is 2.06 bits per heavy atom. The summed E-state index contributed by atoms with van der Waals surface area (Å²) in [7, 11) is 1.35. The topological polar surface area (TPSA) is 35.5 Å². The molecule has 5 heteroatoms. The monoisotopic (exact) mass is 288 g/mol. The van der Waals surface area contributed by atoms with Gasteiger partial charge in [0.2, 0.25) is 0 Å². The van der Waals surface area contributed by atoms with Gasteiger partial charge >= 0.3 is 5.97 Å². The molecule has 0 spiro atoms. The molecule has 0 heterocycles. The van der Waals surface area contributed by atoms with Crippen molar-refractivity contribution >= 4 is 29.2 Å². The minimum absolute atomic E-state index is 0.274. The van der Waals surface area contributed by atoms with Gasteiger partial charge in [-0.15, -0.1) is 0 Å². The normalized spacial score (nSPS) is 11.2. The highest BCUT2D eigenvalue weighted by molar-refractivity contribution is 6.42. The largest absolute Gasteiger partial charge is 0.489 e. The summed E-state index contributed by atoms with van der Waals surface area (Å²) < 4.78 is 10.1.